The van der Waals surface area contributed by atoms with Gasteiger partial charge < -0.3 is 14.8 Å². The van der Waals surface area contributed by atoms with E-state index >= 15 is 0 Å². The standard InChI is InChI=1S/C25H26F3N3O5S/c1-15-2-3-16(12-18(15)26)13-29-20(32)17-4-5-19-22(34)30(10-11-31(19)21(17)33)14-24(6-7-24)37(35,36)25(8-9-25)23(27)28/h2-5,12,23H,6-11,13-14H2,1H3,(H,29,32). The lowest BCUT2D eigenvalue weighted by molar-refractivity contribution is 0.0694. The minimum absolute atomic E-state index is 0.000593. The lowest BCUT2D eigenvalue weighted by atomic mass is 10.1. The van der Waals surface area contributed by atoms with Gasteiger partial charge in [-0.05, 0) is 61.9 Å². The summed E-state index contributed by atoms with van der Waals surface area (Å²) in [6.07, 6.45) is -2.70. The number of fused-ring (bicyclic) bond motifs is 1. The number of alkyl halides is 2. The Hall–Kier alpha value is -3.15. The normalized spacial score (nSPS) is 19.5. The van der Waals surface area contributed by atoms with Crippen molar-refractivity contribution in [2.75, 3.05) is 13.1 Å². The van der Waals surface area contributed by atoms with Gasteiger partial charge in [0.2, 0.25) is 0 Å². The van der Waals surface area contributed by atoms with Gasteiger partial charge in [-0.1, -0.05) is 12.1 Å². The van der Waals surface area contributed by atoms with Crippen LogP contribution in [0.4, 0.5) is 13.2 Å². The average molecular weight is 538 g/mol. The smallest absolute Gasteiger partial charge is 0.270 e. The zero-order valence-electron chi connectivity index (χ0n) is 20.1. The molecule has 2 fully saturated rings. The molecule has 2 amide bonds. The Balaban J connectivity index is 1.31. The van der Waals surface area contributed by atoms with Crippen LogP contribution in [0.15, 0.2) is 35.1 Å². The number of rotatable bonds is 8. The molecule has 2 aromatic rings. The average Bonchev–Trinajstić information content (AvgIpc) is 3.76. The van der Waals surface area contributed by atoms with Gasteiger partial charge in [-0.3, -0.25) is 14.4 Å². The quantitative estimate of drug-likeness (QED) is 0.557. The summed E-state index contributed by atoms with van der Waals surface area (Å²) >= 11 is 0. The van der Waals surface area contributed by atoms with Crippen LogP contribution in [-0.4, -0.2) is 58.7 Å². The number of nitrogens with one attached hydrogen (secondary N) is 1. The molecule has 37 heavy (non-hydrogen) atoms. The van der Waals surface area contributed by atoms with Crippen molar-refractivity contribution in [3.05, 3.63) is 68.9 Å². The first-order valence-electron chi connectivity index (χ1n) is 12.0. The number of nitrogens with zero attached hydrogens (tertiary/aromatic N) is 2. The highest BCUT2D eigenvalue weighted by Crippen LogP contribution is 2.59. The maximum atomic E-state index is 13.7. The Kier molecular flexibility index (Phi) is 6.00. The SMILES string of the molecule is Cc1ccc(CNC(=O)c2ccc3n(c2=O)CCN(CC2(S(=O)(=O)C4(C(F)F)CC4)CC2)C3=O)cc1F. The van der Waals surface area contributed by atoms with Crippen LogP contribution < -0.4 is 10.9 Å². The second-order valence-electron chi connectivity index (χ2n) is 10.1. The third kappa shape index (κ3) is 4.05. The van der Waals surface area contributed by atoms with E-state index in [9.17, 15) is 36.0 Å². The first-order valence-corrected chi connectivity index (χ1v) is 13.5. The van der Waals surface area contributed by atoms with Gasteiger partial charge in [-0.25, -0.2) is 21.6 Å². The number of carbonyl (C=O) groups is 2. The van der Waals surface area contributed by atoms with Crippen LogP contribution >= 0.6 is 0 Å². The summed E-state index contributed by atoms with van der Waals surface area (Å²) in [7, 11) is -4.16. The number of halogens is 3. The second-order valence-corrected chi connectivity index (χ2v) is 12.8. The molecule has 8 nitrogen and oxygen atoms in total. The van der Waals surface area contributed by atoms with Gasteiger partial charge in [-0.2, -0.15) is 0 Å². The molecule has 0 saturated heterocycles. The van der Waals surface area contributed by atoms with Crippen molar-refractivity contribution < 1.29 is 31.2 Å². The van der Waals surface area contributed by atoms with Gasteiger partial charge in [0.1, 0.15) is 21.8 Å². The molecule has 1 aromatic carbocycles. The number of hydrogen-bond donors (Lipinski definition) is 1. The summed E-state index contributed by atoms with van der Waals surface area (Å²) < 4.78 is 64.9. The van der Waals surface area contributed by atoms with Crippen molar-refractivity contribution in [2.24, 2.45) is 0 Å². The molecule has 2 aliphatic carbocycles. The maximum absolute atomic E-state index is 13.7. The summed E-state index contributed by atoms with van der Waals surface area (Å²) in [6, 6.07) is 7.08. The minimum Gasteiger partial charge on any atom is -0.348 e. The Bertz CT molecular complexity index is 1460. The number of sulfone groups is 1. The predicted molar refractivity (Wildman–Crippen MR) is 128 cm³/mol. The highest BCUT2D eigenvalue weighted by molar-refractivity contribution is 7.94. The minimum atomic E-state index is -4.16. The molecule has 198 valence electrons. The first-order chi connectivity index (χ1) is 17.4. The van der Waals surface area contributed by atoms with Gasteiger partial charge in [0.25, 0.3) is 23.8 Å². The number of benzene rings is 1. The highest BCUT2D eigenvalue weighted by Gasteiger charge is 2.71. The molecule has 12 heteroatoms. The van der Waals surface area contributed by atoms with E-state index in [-0.39, 0.29) is 63.1 Å². The molecule has 0 unspecified atom stereocenters. The molecule has 0 bridgehead atoms. The van der Waals surface area contributed by atoms with Gasteiger partial charge in [0.05, 0.1) is 4.75 Å². The van der Waals surface area contributed by atoms with E-state index in [2.05, 4.69) is 5.32 Å². The number of amides is 2. The van der Waals surface area contributed by atoms with Crippen LogP contribution in [0.1, 0.15) is 57.7 Å². The Labute approximate surface area is 211 Å². The summed E-state index contributed by atoms with van der Waals surface area (Å²) in [4.78, 5) is 40.1. The molecular weight excluding hydrogens is 511 g/mol. The molecule has 2 saturated carbocycles. The van der Waals surface area contributed by atoms with E-state index in [1.54, 1.807) is 19.1 Å². The third-order valence-corrected chi connectivity index (χ3v) is 11.1. The van der Waals surface area contributed by atoms with Gasteiger partial charge in [0.15, 0.2) is 9.84 Å². The van der Waals surface area contributed by atoms with E-state index in [1.165, 1.54) is 23.1 Å². The molecule has 0 radical (unpaired) electrons. The molecule has 0 spiro atoms. The zero-order valence-corrected chi connectivity index (χ0v) is 20.9. The number of carbonyl (C=O) groups excluding carboxylic acids is 2. The molecule has 1 N–H and O–H groups in total. The van der Waals surface area contributed by atoms with Crippen LogP contribution in [-0.2, 0) is 22.9 Å². The maximum Gasteiger partial charge on any atom is 0.270 e. The monoisotopic (exact) mass is 537 g/mol. The predicted octanol–water partition coefficient (Wildman–Crippen LogP) is 2.43. The summed E-state index contributed by atoms with van der Waals surface area (Å²) in [5.74, 6) is -1.68. The number of aromatic nitrogens is 1. The van der Waals surface area contributed by atoms with E-state index in [0.29, 0.717) is 11.1 Å². The fourth-order valence-electron chi connectivity index (χ4n) is 4.98. The van der Waals surface area contributed by atoms with Crippen LogP contribution in [0.3, 0.4) is 0 Å². The summed E-state index contributed by atoms with van der Waals surface area (Å²) in [5.41, 5.74) is 0.113. The van der Waals surface area contributed by atoms with Crippen molar-refractivity contribution in [1.29, 1.82) is 0 Å². The van der Waals surface area contributed by atoms with Crippen LogP contribution in [0, 0.1) is 12.7 Å². The molecule has 1 aromatic heterocycles. The van der Waals surface area contributed by atoms with E-state index in [4.69, 9.17) is 0 Å². The molecular formula is C25H26F3N3O5S. The van der Waals surface area contributed by atoms with Gasteiger partial charge >= 0.3 is 0 Å². The van der Waals surface area contributed by atoms with Crippen molar-refractivity contribution in [2.45, 2.75) is 61.6 Å². The van der Waals surface area contributed by atoms with Crippen LogP contribution in [0.25, 0.3) is 0 Å². The number of aryl methyl sites for hydroxylation is 1. The molecule has 1 aliphatic heterocycles. The van der Waals surface area contributed by atoms with E-state index in [1.807, 2.05) is 0 Å². The Morgan fingerprint density at radius 3 is 2.38 bits per heavy atom. The third-order valence-electron chi connectivity index (χ3n) is 7.74. The number of hydrogen-bond acceptors (Lipinski definition) is 5. The molecule has 2 heterocycles. The van der Waals surface area contributed by atoms with Crippen molar-refractivity contribution in [3.63, 3.8) is 0 Å². The van der Waals surface area contributed by atoms with E-state index in [0.717, 1.165) is 4.57 Å². The first kappa shape index (κ1) is 25.5. The molecule has 0 atom stereocenters. The Morgan fingerprint density at radius 1 is 1.08 bits per heavy atom. The van der Waals surface area contributed by atoms with Crippen LogP contribution in [0.2, 0.25) is 0 Å². The topological polar surface area (TPSA) is 106 Å². The fourth-order valence-corrected chi connectivity index (χ4v) is 7.68. The van der Waals surface area contributed by atoms with Crippen LogP contribution in [0.5, 0.6) is 0 Å². The van der Waals surface area contributed by atoms with Gasteiger partial charge in [-0.15, -0.1) is 0 Å². The van der Waals surface area contributed by atoms with Gasteiger partial charge in [0, 0.05) is 26.2 Å². The second kappa shape index (κ2) is 8.71. The lowest BCUT2D eigenvalue weighted by Gasteiger charge is -2.33. The molecule has 5 rings (SSSR count). The highest BCUT2D eigenvalue weighted by atomic mass is 32.2. The summed E-state index contributed by atoms with van der Waals surface area (Å²) in [6.45, 7) is 1.45. The largest absolute Gasteiger partial charge is 0.348 e. The summed E-state index contributed by atoms with van der Waals surface area (Å²) in [5, 5.41) is 2.57. The Morgan fingerprint density at radius 2 is 1.78 bits per heavy atom. The lowest BCUT2D eigenvalue weighted by Crippen LogP contribution is -2.52. The van der Waals surface area contributed by atoms with Crippen molar-refractivity contribution in [1.82, 2.24) is 14.8 Å². The fraction of sp³-hybridized carbons (Fsp3) is 0.480. The molecule has 3 aliphatic rings. The van der Waals surface area contributed by atoms with E-state index < -0.39 is 48.9 Å². The number of pyridine rings is 1. The van der Waals surface area contributed by atoms with Crippen molar-refractivity contribution in [3.8, 4) is 0 Å². The van der Waals surface area contributed by atoms with Crippen molar-refractivity contribution >= 4 is 21.7 Å². The zero-order chi connectivity index (χ0) is 26.8.